The van der Waals surface area contributed by atoms with Gasteiger partial charge >= 0.3 is 12.1 Å². The van der Waals surface area contributed by atoms with Crippen LogP contribution in [0.25, 0.3) is 0 Å². The fourth-order valence-electron chi connectivity index (χ4n) is 1.26. The number of alkyl carbamates (subject to hydrolysis) is 1. The molecule has 0 aromatic rings. The Bertz CT molecular complexity index is 305. The molecule has 1 unspecified atom stereocenters. The van der Waals surface area contributed by atoms with Crippen LogP contribution in [0.5, 0.6) is 0 Å². The summed E-state index contributed by atoms with van der Waals surface area (Å²) in [5, 5.41) is 13.6. The maximum absolute atomic E-state index is 11.2. The molecule has 17 heavy (non-hydrogen) atoms. The predicted octanol–water partition coefficient (Wildman–Crippen LogP) is 0.102. The number of carbonyl (C=O) groups excluding carboxylic acids is 2. The lowest BCUT2D eigenvalue weighted by molar-refractivity contribution is -0.144. The Morgan fingerprint density at radius 2 is 1.94 bits per heavy atom. The molecule has 0 aromatic heterocycles. The Balaban J connectivity index is 4.27. The average molecular weight is 246 g/mol. The first-order valence-corrected chi connectivity index (χ1v) is 5.22. The molecule has 0 aliphatic rings. The van der Waals surface area contributed by atoms with Gasteiger partial charge in [0.05, 0.1) is 13.7 Å². The van der Waals surface area contributed by atoms with Crippen molar-refractivity contribution in [2.75, 3.05) is 13.7 Å². The van der Waals surface area contributed by atoms with Gasteiger partial charge in [-0.25, -0.2) is 4.79 Å². The second-order valence-electron chi connectivity index (χ2n) is 3.78. The third kappa shape index (κ3) is 5.30. The minimum atomic E-state index is -1.18. The highest BCUT2D eigenvalue weighted by Gasteiger charge is 2.32. The van der Waals surface area contributed by atoms with E-state index in [-0.39, 0.29) is 6.54 Å². The molecule has 2 amide bonds. The Morgan fingerprint density at radius 1 is 1.35 bits per heavy atom. The maximum atomic E-state index is 11.2. The quantitative estimate of drug-likeness (QED) is 0.614. The summed E-state index contributed by atoms with van der Waals surface area (Å²) in [6.07, 6.45) is 0.173. The second kappa shape index (κ2) is 6.85. The molecule has 7 nitrogen and oxygen atoms in total. The van der Waals surface area contributed by atoms with E-state index in [4.69, 9.17) is 5.11 Å². The molecule has 0 rings (SSSR count). The first kappa shape index (κ1) is 15.4. The van der Waals surface area contributed by atoms with Gasteiger partial charge in [-0.2, -0.15) is 0 Å². The summed E-state index contributed by atoms with van der Waals surface area (Å²) in [4.78, 5) is 32.9. The highest BCUT2D eigenvalue weighted by molar-refractivity contribution is 5.93. The fourth-order valence-corrected chi connectivity index (χ4v) is 1.26. The second-order valence-corrected chi connectivity index (χ2v) is 3.78. The molecular weight excluding hydrogens is 228 g/mol. The number of carboxylic acids is 1. The summed E-state index contributed by atoms with van der Waals surface area (Å²) >= 11 is 0. The first-order valence-electron chi connectivity index (χ1n) is 5.22. The number of carbonyl (C=O) groups is 3. The normalized spacial score (nSPS) is 13.6. The monoisotopic (exact) mass is 246 g/mol. The smallest absolute Gasteiger partial charge is 0.413 e. The molecule has 0 fully saturated rings. The van der Waals surface area contributed by atoms with Crippen LogP contribution < -0.4 is 10.6 Å². The van der Waals surface area contributed by atoms with Crippen LogP contribution in [0.15, 0.2) is 0 Å². The van der Waals surface area contributed by atoms with Crippen LogP contribution in [-0.4, -0.2) is 42.3 Å². The lowest BCUT2D eigenvalue weighted by Crippen LogP contribution is -2.53. The van der Waals surface area contributed by atoms with Gasteiger partial charge in [-0.3, -0.25) is 20.2 Å². The van der Waals surface area contributed by atoms with E-state index in [9.17, 15) is 14.4 Å². The summed E-state index contributed by atoms with van der Waals surface area (Å²) in [5.74, 6) is -1.68. The molecule has 0 aliphatic carbocycles. The number of hydrogen-bond donors (Lipinski definition) is 3. The maximum Gasteiger partial charge on any atom is 0.413 e. The van der Waals surface area contributed by atoms with E-state index in [0.717, 1.165) is 7.11 Å². The third-order valence-electron chi connectivity index (χ3n) is 2.29. The molecule has 1 atom stereocenters. The molecule has 0 aromatic carbocycles. The molecule has 0 spiro atoms. The molecular formula is C10H18N2O5. The average Bonchev–Trinajstić information content (AvgIpc) is 2.26. The Labute approximate surface area is 99.5 Å². The van der Waals surface area contributed by atoms with Crippen LogP contribution in [0, 0.1) is 0 Å². The highest BCUT2D eigenvalue weighted by atomic mass is 16.5. The largest absolute Gasteiger partial charge is 0.480 e. The van der Waals surface area contributed by atoms with Gasteiger partial charge in [0.1, 0.15) is 5.54 Å². The van der Waals surface area contributed by atoms with Gasteiger partial charge < -0.3 is 9.84 Å². The van der Waals surface area contributed by atoms with Crippen molar-refractivity contribution in [3.05, 3.63) is 0 Å². The van der Waals surface area contributed by atoms with Crippen LogP contribution in [0.4, 0.5) is 4.79 Å². The van der Waals surface area contributed by atoms with Crippen LogP contribution in [0.2, 0.25) is 0 Å². The van der Waals surface area contributed by atoms with Gasteiger partial charge in [0.15, 0.2) is 0 Å². The van der Waals surface area contributed by atoms with E-state index in [1.165, 1.54) is 6.92 Å². The lowest BCUT2D eigenvalue weighted by Gasteiger charge is -2.25. The van der Waals surface area contributed by atoms with E-state index in [0.29, 0.717) is 12.8 Å². The summed E-state index contributed by atoms with van der Waals surface area (Å²) in [6.45, 7) is 3.07. The van der Waals surface area contributed by atoms with Crippen molar-refractivity contribution in [2.24, 2.45) is 0 Å². The van der Waals surface area contributed by atoms with Gasteiger partial charge in [-0.1, -0.05) is 13.3 Å². The first-order chi connectivity index (χ1) is 7.85. The number of hydrogen-bond acceptors (Lipinski definition) is 5. The number of ether oxygens (including phenoxy) is 1. The van der Waals surface area contributed by atoms with Gasteiger partial charge in [-0.05, 0) is 13.3 Å². The van der Waals surface area contributed by atoms with Crippen molar-refractivity contribution in [3.63, 3.8) is 0 Å². The number of carboxylic acid groups (broad SMARTS) is 1. The summed E-state index contributed by atoms with van der Waals surface area (Å²) < 4.78 is 4.23. The number of amides is 2. The topological polar surface area (TPSA) is 105 Å². The molecule has 0 bridgehead atoms. The van der Waals surface area contributed by atoms with Crippen molar-refractivity contribution in [1.82, 2.24) is 10.6 Å². The number of methoxy groups -OCH3 is 1. The zero-order valence-electron chi connectivity index (χ0n) is 10.2. The number of imide groups is 1. The molecule has 0 heterocycles. The van der Waals surface area contributed by atoms with E-state index in [1.54, 1.807) is 0 Å². The lowest BCUT2D eigenvalue weighted by atomic mass is 9.96. The highest BCUT2D eigenvalue weighted by Crippen LogP contribution is 2.11. The van der Waals surface area contributed by atoms with Crippen molar-refractivity contribution < 1.29 is 24.2 Å². The van der Waals surface area contributed by atoms with Gasteiger partial charge in [-0.15, -0.1) is 0 Å². The molecule has 3 N–H and O–H groups in total. The zero-order chi connectivity index (χ0) is 13.5. The van der Waals surface area contributed by atoms with Gasteiger partial charge in [0.25, 0.3) is 0 Å². The van der Waals surface area contributed by atoms with E-state index in [2.05, 4.69) is 10.1 Å². The van der Waals surface area contributed by atoms with Gasteiger partial charge in [0.2, 0.25) is 5.91 Å². The van der Waals surface area contributed by atoms with Crippen LogP contribution in [0.3, 0.4) is 0 Å². The standard InChI is InChI=1S/C10H18N2O5/c1-4-5-10(2,8(14)15)11-6-7(13)12-9(16)17-3/h11H,4-6H2,1-3H3,(H,14,15)(H,12,13,16). The van der Waals surface area contributed by atoms with Crippen molar-refractivity contribution in [2.45, 2.75) is 32.2 Å². The third-order valence-corrected chi connectivity index (χ3v) is 2.29. The molecule has 0 aliphatic heterocycles. The SMILES string of the molecule is CCCC(C)(NCC(=O)NC(=O)OC)C(=O)O. The Kier molecular flexibility index (Phi) is 6.19. The molecule has 0 saturated carbocycles. The Morgan fingerprint density at radius 3 is 2.35 bits per heavy atom. The molecule has 98 valence electrons. The summed E-state index contributed by atoms with van der Waals surface area (Å²) in [6, 6.07) is 0. The fraction of sp³-hybridized carbons (Fsp3) is 0.700. The van der Waals surface area contributed by atoms with E-state index < -0.39 is 23.5 Å². The minimum absolute atomic E-state index is 0.266. The zero-order valence-corrected chi connectivity index (χ0v) is 10.2. The number of aliphatic carboxylic acids is 1. The molecule has 0 saturated heterocycles. The van der Waals surface area contributed by atoms with E-state index in [1.807, 2.05) is 12.2 Å². The van der Waals surface area contributed by atoms with Crippen LogP contribution in [-0.2, 0) is 14.3 Å². The van der Waals surface area contributed by atoms with E-state index >= 15 is 0 Å². The molecule has 0 radical (unpaired) electrons. The summed E-state index contributed by atoms with van der Waals surface area (Å²) in [7, 11) is 1.13. The van der Waals surface area contributed by atoms with Gasteiger partial charge in [0, 0.05) is 0 Å². The van der Waals surface area contributed by atoms with Crippen molar-refractivity contribution in [1.29, 1.82) is 0 Å². The molecule has 7 heteroatoms. The minimum Gasteiger partial charge on any atom is -0.480 e. The number of nitrogens with one attached hydrogen (secondary N) is 2. The Hall–Kier alpha value is -1.63. The summed E-state index contributed by atoms with van der Waals surface area (Å²) in [5.41, 5.74) is -1.18. The van der Waals surface area contributed by atoms with Crippen LogP contribution >= 0.6 is 0 Å². The van der Waals surface area contributed by atoms with Crippen molar-refractivity contribution in [3.8, 4) is 0 Å². The predicted molar refractivity (Wildman–Crippen MR) is 59.5 cm³/mol. The van der Waals surface area contributed by atoms with Crippen molar-refractivity contribution >= 4 is 18.0 Å². The number of rotatable bonds is 6. The van der Waals surface area contributed by atoms with Crippen LogP contribution in [0.1, 0.15) is 26.7 Å².